The quantitative estimate of drug-likeness (QED) is 0.778. The molecule has 1 aromatic heterocycles. The highest BCUT2D eigenvalue weighted by Gasteiger charge is 2.34. The summed E-state index contributed by atoms with van der Waals surface area (Å²) in [6, 6.07) is 0.895. The van der Waals surface area contributed by atoms with Crippen molar-refractivity contribution in [3.05, 3.63) is 27.5 Å². The first-order chi connectivity index (χ1) is 8.28. The van der Waals surface area contributed by atoms with E-state index in [2.05, 4.69) is 9.47 Å². The number of nitrogens with one attached hydrogen (secondary N) is 1. The first-order valence-corrected chi connectivity index (χ1v) is 4.58. The number of nitrogens with two attached hydrogens (primary N) is 1. The Morgan fingerprint density at radius 3 is 2.56 bits per heavy atom. The SMILES string of the molecule is COC(=O)c1cc(CN)c(=O)[nH]c1OC(F)(F)F. The molecule has 0 aromatic carbocycles. The molecule has 6 nitrogen and oxygen atoms in total. The second-order valence-corrected chi connectivity index (χ2v) is 3.11. The molecule has 0 saturated heterocycles. The van der Waals surface area contributed by atoms with Gasteiger partial charge < -0.3 is 15.2 Å². The van der Waals surface area contributed by atoms with Gasteiger partial charge in [-0.15, -0.1) is 13.2 Å². The van der Waals surface area contributed by atoms with Crippen LogP contribution in [0.3, 0.4) is 0 Å². The third-order valence-electron chi connectivity index (χ3n) is 1.92. The third-order valence-corrected chi connectivity index (χ3v) is 1.92. The zero-order valence-electron chi connectivity index (χ0n) is 9.13. The summed E-state index contributed by atoms with van der Waals surface area (Å²) in [6.07, 6.45) is -5.05. The van der Waals surface area contributed by atoms with Crippen LogP contribution < -0.4 is 16.0 Å². The van der Waals surface area contributed by atoms with Crippen molar-refractivity contribution in [3.63, 3.8) is 0 Å². The van der Waals surface area contributed by atoms with E-state index in [1.165, 1.54) is 0 Å². The molecule has 0 aliphatic rings. The van der Waals surface area contributed by atoms with Gasteiger partial charge in [0.25, 0.3) is 5.56 Å². The highest BCUT2D eigenvalue weighted by molar-refractivity contribution is 5.91. The molecule has 0 amide bonds. The Kier molecular flexibility index (Phi) is 3.96. The number of halogens is 3. The summed E-state index contributed by atoms with van der Waals surface area (Å²) in [4.78, 5) is 24.3. The van der Waals surface area contributed by atoms with Crippen LogP contribution in [0, 0.1) is 0 Å². The zero-order chi connectivity index (χ0) is 13.9. The van der Waals surface area contributed by atoms with E-state index < -0.39 is 29.3 Å². The Hall–Kier alpha value is -2.03. The minimum Gasteiger partial charge on any atom is -0.465 e. The molecule has 9 heteroatoms. The van der Waals surface area contributed by atoms with Crippen LogP contribution in [0.4, 0.5) is 13.2 Å². The van der Waals surface area contributed by atoms with Crippen LogP contribution in [-0.2, 0) is 11.3 Å². The van der Waals surface area contributed by atoms with Crippen molar-refractivity contribution in [1.82, 2.24) is 4.98 Å². The van der Waals surface area contributed by atoms with Gasteiger partial charge in [0.05, 0.1) is 7.11 Å². The number of pyridine rings is 1. The van der Waals surface area contributed by atoms with E-state index in [9.17, 15) is 22.8 Å². The largest absolute Gasteiger partial charge is 0.574 e. The molecule has 0 fully saturated rings. The van der Waals surface area contributed by atoms with E-state index in [4.69, 9.17) is 5.73 Å². The lowest BCUT2D eigenvalue weighted by atomic mass is 10.2. The van der Waals surface area contributed by atoms with E-state index in [0.717, 1.165) is 13.2 Å². The monoisotopic (exact) mass is 266 g/mol. The molecule has 1 rings (SSSR count). The van der Waals surface area contributed by atoms with Gasteiger partial charge in [-0.1, -0.05) is 0 Å². The lowest BCUT2D eigenvalue weighted by Crippen LogP contribution is -2.25. The molecule has 3 N–H and O–H groups in total. The van der Waals surface area contributed by atoms with Crippen LogP contribution >= 0.6 is 0 Å². The van der Waals surface area contributed by atoms with Crippen molar-refractivity contribution in [2.75, 3.05) is 7.11 Å². The number of ether oxygens (including phenoxy) is 2. The summed E-state index contributed by atoms with van der Waals surface area (Å²) in [5.74, 6) is -2.11. The normalized spacial score (nSPS) is 11.2. The van der Waals surface area contributed by atoms with Crippen LogP contribution in [0.1, 0.15) is 15.9 Å². The average molecular weight is 266 g/mol. The van der Waals surface area contributed by atoms with E-state index in [0.29, 0.717) is 0 Å². The number of aromatic nitrogens is 1. The number of hydrogen-bond donors (Lipinski definition) is 2. The molecule has 0 atom stereocenters. The van der Waals surface area contributed by atoms with Crippen LogP contribution in [-0.4, -0.2) is 24.4 Å². The fourth-order valence-corrected chi connectivity index (χ4v) is 1.17. The molecule has 0 radical (unpaired) electrons. The molecule has 1 heterocycles. The highest BCUT2D eigenvalue weighted by Crippen LogP contribution is 2.24. The van der Waals surface area contributed by atoms with Gasteiger partial charge in [0.15, 0.2) is 0 Å². The van der Waals surface area contributed by atoms with Gasteiger partial charge in [-0.3, -0.25) is 9.78 Å². The molecule has 18 heavy (non-hydrogen) atoms. The van der Waals surface area contributed by atoms with Gasteiger partial charge in [-0.2, -0.15) is 0 Å². The van der Waals surface area contributed by atoms with Crippen molar-refractivity contribution >= 4 is 5.97 Å². The maximum absolute atomic E-state index is 12.1. The van der Waals surface area contributed by atoms with Gasteiger partial charge in [-0.25, -0.2) is 4.79 Å². The number of H-pyrrole nitrogens is 1. The van der Waals surface area contributed by atoms with Crippen LogP contribution in [0.25, 0.3) is 0 Å². The van der Waals surface area contributed by atoms with Gasteiger partial charge in [-0.05, 0) is 6.07 Å². The van der Waals surface area contributed by atoms with Gasteiger partial charge in [0.2, 0.25) is 5.88 Å². The molecule has 100 valence electrons. The van der Waals surface area contributed by atoms with Gasteiger partial charge in [0.1, 0.15) is 5.56 Å². The summed E-state index contributed by atoms with van der Waals surface area (Å²) in [7, 11) is 0.979. The second kappa shape index (κ2) is 5.08. The van der Waals surface area contributed by atoms with Crippen molar-refractivity contribution in [3.8, 4) is 5.88 Å². The summed E-state index contributed by atoms with van der Waals surface area (Å²) in [5, 5.41) is 0. The smallest absolute Gasteiger partial charge is 0.465 e. The first-order valence-electron chi connectivity index (χ1n) is 4.58. The maximum Gasteiger partial charge on any atom is 0.574 e. The maximum atomic E-state index is 12.1. The standard InChI is InChI=1S/C9H9F3N2O4/c1-17-8(16)5-2-4(3-13)6(15)14-7(5)18-9(10,11)12/h2H,3,13H2,1H3,(H,14,15). The van der Waals surface area contributed by atoms with E-state index in [1.54, 1.807) is 4.98 Å². The summed E-state index contributed by atoms with van der Waals surface area (Å²) in [5.41, 5.74) is 3.71. The fourth-order valence-electron chi connectivity index (χ4n) is 1.17. The summed E-state index contributed by atoms with van der Waals surface area (Å²) in [6.45, 7) is -0.244. The number of alkyl halides is 3. The Labute approximate surface area is 98.5 Å². The van der Waals surface area contributed by atoms with Gasteiger partial charge >= 0.3 is 12.3 Å². The van der Waals surface area contributed by atoms with Crippen LogP contribution in [0.5, 0.6) is 5.88 Å². The third kappa shape index (κ3) is 3.23. The molecule has 0 unspecified atom stereocenters. The molecular formula is C9H9F3N2O4. The first kappa shape index (κ1) is 14.0. The number of hydrogen-bond acceptors (Lipinski definition) is 5. The molecular weight excluding hydrogens is 257 g/mol. The van der Waals surface area contributed by atoms with Crippen molar-refractivity contribution < 1.29 is 27.4 Å². The number of esters is 1. The van der Waals surface area contributed by atoms with Crippen LogP contribution in [0.15, 0.2) is 10.9 Å². The molecule has 0 saturated carbocycles. The average Bonchev–Trinajstić information content (AvgIpc) is 2.26. The number of carbonyl (C=O) groups excluding carboxylic acids is 1. The topological polar surface area (TPSA) is 94.4 Å². The predicted octanol–water partition coefficient (Wildman–Crippen LogP) is 0.519. The minimum absolute atomic E-state index is 0.0649. The Morgan fingerprint density at radius 1 is 1.50 bits per heavy atom. The summed E-state index contributed by atoms with van der Waals surface area (Å²) < 4.78 is 44.1. The van der Waals surface area contributed by atoms with Crippen molar-refractivity contribution in [2.24, 2.45) is 5.73 Å². The molecule has 0 aliphatic carbocycles. The minimum atomic E-state index is -5.05. The fraction of sp³-hybridized carbons (Fsp3) is 0.333. The summed E-state index contributed by atoms with van der Waals surface area (Å²) >= 11 is 0. The number of aromatic amines is 1. The number of carbonyl (C=O) groups is 1. The van der Waals surface area contributed by atoms with Crippen molar-refractivity contribution in [2.45, 2.75) is 12.9 Å². The Balaban J connectivity index is 3.34. The zero-order valence-corrected chi connectivity index (χ0v) is 9.13. The van der Waals surface area contributed by atoms with E-state index >= 15 is 0 Å². The number of rotatable bonds is 3. The van der Waals surface area contributed by atoms with Crippen molar-refractivity contribution in [1.29, 1.82) is 0 Å². The number of methoxy groups -OCH3 is 1. The predicted molar refractivity (Wildman–Crippen MR) is 53.0 cm³/mol. The molecule has 1 aromatic rings. The van der Waals surface area contributed by atoms with Crippen LogP contribution in [0.2, 0.25) is 0 Å². The second-order valence-electron chi connectivity index (χ2n) is 3.11. The van der Waals surface area contributed by atoms with Gasteiger partial charge in [0, 0.05) is 12.1 Å². The molecule has 0 bridgehead atoms. The molecule has 0 spiro atoms. The lowest BCUT2D eigenvalue weighted by Gasteiger charge is -2.12. The Morgan fingerprint density at radius 2 is 2.11 bits per heavy atom. The highest BCUT2D eigenvalue weighted by atomic mass is 19.4. The van der Waals surface area contributed by atoms with E-state index in [-0.39, 0.29) is 12.1 Å². The lowest BCUT2D eigenvalue weighted by molar-refractivity contribution is -0.276. The molecule has 0 aliphatic heterocycles. The Bertz CT molecular complexity index is 510. The van der Waals surface area contributed by atoms with E-state index in [1.807, 2.05) is 0 Å².